The molecule has 3 aromatic rings. The third kappa shape index (κ3) is 3.41. The largest absolute Gasteiger partial charge is 0.504 e. The third-order valence-corrected chi connectivity index (χ3v) is 6.45. The van der Waals surface area contributed by atoms with Crippen molar-refractivity contribution in [2.24, 2.45) is 0 Å². The Morgan fingerprint density at radius 2 is 1.90 bits per heavy atom. The number of methoxy groups -OCH3 is 1. The number of Topliss-reactive ketones (excluding diaryl/α,β-unsaturated/α-hetero) is 1. The second-order valence-electron chi connectivity index (χ2n) is 6.41. The molecule has 6 nitrogen and oxygen atoms in total. The number of aliphatic hydroxyl groups excluding tert-OH is 1. The van der Waals surface area contributed by atoms with Crippen LogP contribution in [0.3, 0.4) is 0 Å². The smallest absolute Gasteiger partial charge is 0.290 e. The number of thiophene rings is 2. The van der Waals surface area contributed by atoms with E-state index in [1.54, 1.807) is 29.6 Å². The van der Waals surface area contributed by atoms with Gasteiger partial charge < -0.3 is 19.8 Å². The lowest BCUT2D eigenvalue weighted by atomic mass is 9.95. The maximum Gasteiger partial charge on any atom is 0.290 e. The van der Waals surface area contributed by atoms with Crippen LogP contribution in [-0.4, -0.2) is 33.9 Å². The van der Waals surface area contributed by atoms with Crippen molar-refractivity contribution in [2.45, 2.75) is 12.6 Å². The number of hydrogen-bond acceptors (Lipinski definition) is 7. The van der Waals surface area contributed by atoms with Crippen LogP contribution in [0.15, 0.2) is 64.6 Å². The molecular weight excluding hydrogens is 410 g/mol. The summed E-state index contributed by atoms with van der Waals surface area (Å²) >= 11 is 2.73. The second kappa shape index (κ2) is 7.73. The van der Waals surface area contributed by atoms with Crippen LogP contribution in [0, 0.1) is 0 Å². The maximum atomic E-state index is 13.2. The summed E-state index contributed by atoms with van der Waals surface area (Å²) in [4.78, 5) is 28.9. The van der Waals surface area contributed by atoms with Crippen LogP contribution in [0.1, 0.15) is 26.2 Å². The fraction of sp³-hybridized carbons (Fsp3) is 0.143. The van der Waals surface area contributed by atoms with E-state index in [2.05, 4.69) is 0 Å². The van der Waals surface area contributed by atoms with E-state index >= 15 is 0 Å². The number of amides is 1. The fourth-order valence-electron chi connectivity index (χ4n) is 3.37. The molecule has 1 aromatic carbocycles. The minimum absolute atomic E-state index is 0.0294. The monoisotopic (exact) mass is 427 g/mol. The molecule has 0 saturated heterocycles. The molecule has 0 saturated carbocycles. The molecule has 1 atom stereocenters. The second-order valence-corrected chi connectivity index (χ2v) is 8.39. The number of hydrogen-bond donors (Lipinski definition) is 2. The Kier molecular flexibility index (Phi) is 5.12. The summed E-state index contributed by atoms with van der Waals surface area (Å²) < 4.78 is 5.20. The van der Waals surface area contributed by atoms with Crippen LogP contribution in [0.25, 0.3) is 0 Å². The molecule has 8 heteroatoms. The van der Waals surface area contributed by atoms with Crippen molar-refractivity contribution < 1.29 is 24.5 Å². The zero-order valence-corrected chi connectivity index (χ0v) is 17.0. The van der Waals surface area contributed by atoms with E-state index in [1.165, 1.54) is 40.7 Å². The van der Waals surface area contributed by atoms with Gasteiger partial charge in [-0.25, -0.2) is 0 Å². The molecule has 2 N–H and O–H groups in total. The minimum atomic E-state index is -0.798. The molecule has 1 amide bonds. The standard InChI is InChI=1S/C21H17NO5S2/c1-27-15-10-12(6-7-14(15)23)18-17(19(24)16-5-3-9-29-16)20(25)21(26)22(18)11-13-4-2-8-28-13/h2-10,18,23,25H,11H2,1H3. The van der Waals surface area contributed by atoms with E-state index in [9.17, 15) is 19.8 Å². The molecule has 3 heterocycles. The number of phenolic OH excluding ortho intramolecular Hbond substituents is 1. The van der Waals surface area contributed by atoms with Gasteiger partial charge >= 0.3 is 0 Å². The molecule has 2 aromatic heterocycles. The van der Waals surface area contributed by atoms with Gasteiger partial charge in [-0.05, 0) is 40.6 Å². The lowest BCUT2D eigenvalue weighted by Gasteiger charge is -2.26. The molecule has 0 bridgehead atoms. The number of aromatic hydroxyl groups is 1. The Morgan fingerprint density at radius 3 is 2.55 bits per heavy atom. The molecule has 0 aliphatic carbocycles. The first kappa shape index (κ1) is 19.2. The molecule has 0 spiro atoms. The summed E-state index contributed by atoms with van der Waals surface area (Å²) in [6.07, 6.45) is 0. The minimum Gasteiger partial charge on any atom is -0.504 e. The van der Waals surface area contributed by atoms with Gasteiger partial charge in [0.15, 0.2) is 17.3 Å². The normalized spacial score (nSPS) is 16.5. The van der Waals surface area contributed by atoms with Gasteiger partial charge in [0, 0.05) is 4.88 Å². The molecule has 4 rings (SSSR count). The Hall–Kier alpha value is -3.10. The molecule has 148 valence electrons. The van der Waals surface area contributed by atoms with Crippen LogP contribution < -0.4 is 4.74 Å². The lowest BCUT2D eigenvalue weighted by Crippen LogP contribution is -2.30. The highest BCUT2D eigenvalue weighted by atomic mass is 32.1. The first-order chi connectivity index (χ1) is 14.0. The SMILES string of the molecule is COc1cc(C2C(C(=O)c3cccs3)=C(O)C(=O)N2Cc2cccs2)ccc1O. The van der Waals surface area contributed by atoms with Gasteiger partial charge in [-0.15, -0.1) is 22.7 Å². The maximum absolute atomic E-state index is 13.2. The first-order valence-corrected chi connectivity index (χ1v) is 10.5. The van der Waals surface area contributed by atoms with E-state index < -0.39 is 23.5 Å². The molecule has 1 aliphatic rings. The van der Waals surface area contributed by atoms with E-state index in [0.717, 1.165) is 4.88 Å². The van der Waals surface area contributed by atoms with Crippen molar-refractivity contribution in [3.63, 3.8) is 0 Å². The number of nitrogens with zero attached hydrogens (tertiary/aromatic N) is 1. The van der Waals surface area contributed by atoms with E-state index in [-0.39, 0.29) is 23.6 Å². The summed E-state index contributed by atoms with van der Waals surface area (Å²) in [7, 11) is 1.42. The predicted octanol–water partition coefficient (Wildman–Crippen LogP) is 4.30. The average molecular weight is 428 g/mol. The highest BCUT2D eigenvalue weighted by Gasteiger charge is 2.44. The van der Waals surface area contributed by atoms with Crippen LogP contribution in [0.5, 0.6) is 11.5 Å². The molecule has 0 fully saturated rings. The van der Waals surface area contributed by atoms with Gasteiger partial charge in [0.05, 0.1) is 30.1 Å². The molecule has 1 unspecified atom stereocenters. The number of benzene rings is 1. The summed E-state index contributed by atoms with van der Waals surface area (Å²) in [6, 6.07) is 11.0. The van der Waals surface area contributed by atoms with Gasteiger partial charge in [-0.3, -0.25) is 9.59 Å². The zero-order chi connectivity index (χ0) is 20.5. The number of phenols is 1. The van der Waals surface area contributed by atoms with Crippen LogP contribution in [-0.2, 0) is 11.3 Å². The van der Waals surface area contributed by atoms with Crippen LogP contribution >= 0.6 is 22.7 Å². The first-order valence-electron chi connectivity index (χ1n) is 8.73. The van der Waals surface area contributed by atoms with Gasteiger partial charge in [-0.2, -0.15) is 0 Å². The highest BCUT2D eigenvalue weighted by Crippen LogP contribution is 2.42. The van der Waals surface area contributed by atoms with Crippen LogP contribution in [0.2, 0.25) is 0 Å². The van der Waals surface area contributed by atoms with Gasteiger partial charge in [0.1, 0.15) is 0 Å². The van der Waals surface area contributed by atoms with Gasteiger partial charge in [0.25, 0.3) is 5.91 Å². The van der Waals surface area contributed by atoms with Crippen molar-refractivity contribution in [2.75, 3.05) is 7.11 Å². The summed E-state index contributed by atoms with van der Waals surface area (Å²) in [6.45, 7) is 0.246. The van der Waals surface area contributed by atoms with E-state index in [0.29, 0.717) is 10.4 Å². The van der Waals surface area contributed by atoms with Crippen molar-refractivity contribution >= 4 is 34.4 Å². The average Bonchev–Trinajstić information content (AvgIpc) is 3.47. The number of ketones is 1. The highest BCUT2D eigenvalue weighted by molar-refractivity contribution is 7.12. The topological polar surface area (TPSA) is 87.1 Å². The quantitative estimate of drug-likeness (QED) is 0.573. The predicted molar refractivity (Wildman–Crippen MR) is 111 cm³/mol. The lowest BCUT2D eigenvalue weighted by molar-refractivity contribution is -0.130. The number of rotatable bonds is 6. The molecule has 0 radical (unpaired) electrons. The van der Waals surface area contributed by atoms with E-state index in [1.807, 2.05) is 17.5 Å². The van der Waals surface area contributed by atoms with Crippen molar-refractivity contribution in [3.8, 4) is 11.5 Å². The fourth-order valence-corrected chi connectivity index (χ4v) is 4.75. The Labute approximate surface area is 174 Å². The summed E-state index contributed by atoms with van der Waals surface area (Å²) in [5.74, 6) is -1.37. The van der Waals surface area contributed by atoms with E-state index in [4.69, 9.17) is 4.74 Å². The Balaban J connectivity index is 1.83. The Morgan fingerprint density at radius 1 is 1.14 bits per heavy atom. The molecule has 1 aliphatic heterocycles. The number of carbonyl (C=O) groups is 2. The summed E-state index contributed by atoms with van der Waals surface area (Å²) in [5, 5.41) is 24.3. The van der Waals surface area contributed by atoms with Crippen molar-refractivity contribution in [1.82, 2.24) is 4.90 Å². The van der Waals surface area contributed by atoms with Crippen molar-refractivity contribution in [1.29, 1.82) is 0 Å². The number of aliphatic hydroxyl groups is 1. The van der Waals surface area contributed by atoms with Crippen LogP contribution in [0.4, 0.5) is 0 Å². The third-order valence-electron chi connectivity index (χ3n) is 4.72. The van der Waals surface area contributed by atoms with Crippen molar-refractivity contribution in [3.05, 3.63) is 79.9 Å². The Bertz CT molecular complexity index is 1090. The molecular formula is C21H17NO5S2. The number of carbonyl (C=O) groups excluding carboxylic acids is 2. The molecule has 29 heavy (non-hydrogen) atoms. The zero-order valence-electron chi connectivity index (χ0n) is 15.4. The van der Waals surface area contributed by atoms with Gasteiger partial charge in [-0.1, -0.05) is 18.2 Å². The summed E-state index contributed by atoms with van der Waals surface area (Å²) in [5.41, 5.74) is 0.593. The number of ether oxygens (including phenoxy) is 1. The van der Waals surface area contributed by atoms with Gasteiger partial charge in [0.2, 0.25) is 5.78 Å².